The summed E-state index contributed by atoms with van der Waals surface area (Å²) in [5.41, 5.74) is 0. The number of methoxy groups -OCH3 is 1. The third kappa shape index (κ3) is 15.5. The molecule has 0 N–H and O–H groups in total. The van der Waals surface area contributed by atoms with E-state index in [4.69, 9.17) is 18.9 Å². The second-order valence-electron chi connectivity index (χ2n) is 3.64. The molecule has 0 aliphatic heterocycles. The van der Waals surface area contributed by atoms with E-state index in [0.29, 0.717) is 52.7 Å². The van der Waals surface area contributed by atoms with E-state index in [9.17, 15) is 4.79 Å². The standard InChI is InChI=1S/C12H24O5/c1-12(13)4-3-5-15-8-9-17-11-10-16-7-6-14-2/h3-11H2,1-2H3. The molecule has 5 nitrogen and oxygen atoms in total. The van der Waals surface area contributed by atoms with E-state index in [0.717, 1.165) is 6.42 Å². The Kier molecular flexibility index (Phi) is 13.2. The highest BCUT2D eigenvalue weighted by molar-refractivity contribution is 5.75. The number of hydrogen-bond donors (Lipinski definition) is 0. The summed E-state index contributed by atoms with van der Waals surface area (Å²) in [5.74, 6) is 0.207. The van der Waals surface area contributed by atoms with Crippen LogP contribution in [0.25, 0.3) is 0 Å². The van der Waals surface area contributed by atoms with Crippen LogP contribution < -0.4 is 0 Å². The lowest BCUT2D eigenvalue weighted by atomic mass is 10.2. The maximum Gasteiger partial charge on any atom is 0.129 e. The molecule has 0 aromatic heterocycles. The average Bonchev–Trinajstić information content (AvgIpc) is 2.30. The van der Waals surface area contributed by atoms with Crippen LogP contribution in [0.2, 0.25) is 0 Å². The monoisotopic (exact) mass is 248 g/mol. The molecule has 0 aromatic carbocycles. The zero-order chi connectivity index (χ0) is 12.8. The lowest BCUT2D eigenvalue weighted by Crippen LogP contribution is -2.11. The fourth-order valence-corrected chi connectivity index (χ4v) is 1.11. The number of ketones is 1. The van der Waals surface area contributed by atoms with Crippen molar-refractivity contribution in [1.29, 1.82) is 0 Å². The normalized spacial score (nSPS) is 10.7. The van der Waals surface area contributed by atoms with E-state index in [1.807, 2.05) is 0 Å². The third-order valence-electron chi connectivity index (χ3n) is 1.99. The first-order valence-corrected chi connectivity index (χ1v) is 5.99. The fraction of sp³-hybridized carbons (Fsp3) is 0.917. The Morgan fingerprint density at radius 1 is 0.824 bits per heavy atom. The lowest BCUT2D eigenvalue weighted by molar-refractivity contribution is -0.117. The molecule has 0 atom stereocenters. The van der Waals surface area contributed by atoms with Crippen LogP contribution in [0.3, 0.4) is 0 Å². The molecule has 0 aliphatic rings. The molecule has 5 heteroatoms. The first-order valence-electron chi connectivity index (χ1n) is 5.99. The first kappa shape index (κ1) is 16.5. The summed E-state index contributed by atoms with van der Waals surface area (Å²) in [6.07, 6.45) is 1.38. The van der Waals surface area contributed by atoms with Crippen molar-refractivity contribution in [3.8, 4) is 0 Å². The van der Waals surface area contributed by atoms with Crippen LogP contribution in [0.4, 0.5) is 0 Å². The summed E-state index contributed by atoms with van der Waals surface area (Å²) in [5, 5.41) is 0. The topological polar surface area (TPSA) is 54.0 Å². The average molecular weight is 248 g/mol. The van der Waals surface area contributed by atoms with Crippen molar-refractivity contribution in [3.63, 3.8) is 0 Å². The van der Waals surface area contributed by atoms with Crippen molar-refractivity contribution in [1.82, 2.24) is 0 Å². The lowest BCUT2D eigenvalue weighted by Gasteiger charge is -2.06. The molecule has 0 radical (unpaired) electrons. The second-order valence-corrected chi connectivity index (χ2v) is 3.64. The molecule has 0 aromatic rings. The summed E-state index contributed by atoms with van der Waals surface area (Å²) in [6.45, 7) is 5.69. The van der Waals surface area contributed by atoms with E-state index >= 15 is 0 Å². The van der Waals surface area contributed by atoms with Gasteiger partial charge in [-0.3, -0.25) is 0 Å². The minimum Gasteiger partial charge on any atom is -0.382 e. The Hall–Kier alpha value is -0.490. The van der Waals surface area contributed by atoms with Crippen LogP contribution in [-0.4, -0.2) is 59.1 Å². The highest BCUT2D eigenvalue weighted by Crippen LogP contribution is 1.91. The van der Waals surface area contributed by atoms with E-state index in [2.05, 4.69) is 0 Å². The zero-order valence-corrected chi connectivity index (χ0v) is 10.9. The Balaban J connectivity index is 2.91. The molecule has 0 amide bonds. The van der Waals surface area contributed by atoms with Crippen LogP contribution in [0.15, 0.2) is 0 Å². The molecule has 0 unspecified atom stereocenters. The van der Waals surface area contributed by atoms with Gasteiger partial charge in [0.25, 0.3) is 0 Å². The van der Waals surface area contributed by atoms with Crippen LogP contribution in [0, 0.1) is 0 Å². The van der Waals surface area contributed by atoms with Gasteiger partial charge in [0, 0.05) is 20.1 Å². The van der Waals surface area contributed by atoms with E-state index in [1.165, 1.54) is 0 Å². The Morgan fingerprint density at radius 3 is 1.76 bits per heavy atom. The predicted molar refractivity (Wildman–Crippen MR) is 64.2 cm³/mol. The zero-order valence-electron chi connectivity index (χ0n) is 10.9. The molecular weight excluding hydrogens is 224 g/mol. The molecule has 0 bridgehead atoms. The first-order chi connectivity index (χ1) is 8.27. The minimum absolute atomic E-state index is 0.207. The highest BCUT2D eigenvalue weighted by atomic mass is 16.6. The van der Waals surface area contributed by atoms with Crippen LogP contribution in [0.1, 0.15) is 19.8 Å². The van der Waals surface area contributed by atoms with Crippen molar-refractivity contribution in [3.05, 3.63) is 0 Å². The summed E-state index contributed by atoms with van der Waals surface area (Å²) < 4.78 is 20.6. The summed E-state index contributed by atoms with van der Waals surface area (Å²) in [4.78, 5) is 10.6. The van der Waals surface area contributed by atoms with Crippen molar-refractivity contribution >= 4 is 5.78 Å². The third-order valence-corrected chi connectivity index (χ3v) is 1.99. The molecule has 0 fully saturated rings. The van der Waals surface area contributed by atoms with Gasteiger partial charge in [-0.25, -0.2) is 0 Å². The largest absolute Gasteiger partial charge is 0.382 e. The van der Waals surface area contributed by atoms with Gasteiger partial charge in [0.05, 0.1) is 39.6 Å². The maximum absolute atomic E-state index is 10.6. The highest BCUT2D eigenvalue weighted by Gasteiger charge is 1.94. The number of rotatable bonds is 13. The second kappa shape index (κ2) is 13.6. The van der Waals surface area contributed by atoms with Crippen LogP contribution in [-0.2, 0) is 23.7 Å². The van der Waals surface area contributed by atoms with Crippen molar-refractivity contribution in [2.45, 2.75) is 19.8 Å². The van der Waals surface area contributed by atoms with Crippen molar-refractivity contribution < 1.29 is 23.7 Å². The molecule has 0 spiro atoms. The summed E-state index contributed by atoms with van der Waals surface area (Å²) >= 11 is 0. The van der Waals surface area contributed by atoms with E-state index < -0.39 is 0 Å². The van der Waals surface area contributed by atoms with Crippen LogP contribution >= 0.6 is 0 Å². The SMILES string of the molecule is COCCOCCOCCOCCCC(C)=O. The quantitative estimate of drug-likeness (QED) is 0.456. The molecule has 102 valence electrons. The minimum atomic E-state index is 0.207. The number of Topliss-reactive ketones (excluding diaryl/α,β-unsaturated/α-hetero) is 1. The number of ether oxygens (including phenoxy) is 4. The van der Waals surface area contributed by atoms with Gasteiger partial charge in [-0.2, -0.15) is 0 Å². The summed E-state index contributed by atoms with van der Waals surface area (Å²) in [7, 11) is 1.64. The van der Waals surface area contributed by atoms with Gasteiger partial charge in [-0.1, -0.05) is 0 Å². The fourth-order valence-electron chi connectivity index (χ4n) is 1.11. The van der Waals surface area contributed by atoms with Gasteiger partial charge >= 0.3 is 0 Å². The van der Waals surface area contributed by atoms with Crippen molar-refractivity contribution in [2.24, 2.45) is 0 Å². The molecule has 0 aliphatic carbocycles. The molecular formula is C12H24O5. The van der Waals surface area contributed by atoms with Gasteiger partial charge in [-0.15, -0.1) is 0 Å². The van der Waals surface area contributed by atoms with Gasteiger partial charge in [0.15, 0.2) is 0 Å². The molecule has 17 heavy (non-hydrogen) atoms. The van der Waals surface area contributed by atoms with Crippen molar-refractivity contribution in [2.75, 3.05) is 53.4 Å². The van der Waals surface area contributed by atoms with Gasteiger partial charge in [-0.05, 0) is 13.3 Å². The maximum atomic E-state index is 10.6. The predicted octanol–water partition coefficient (Wildman–Crippen LogP) is 1.05. The number of carbonyl (C=O) groups is 1. The number of hydrogen-bond acceptors (Lipinski definition) is 5. The van der Waals surface area contributed by atoms with Gasteiger partial charge in [0.1, 0.15) is 5.78 Å². The Labute approximate surface area is 103 Å². The molecule has 0 saturated carbocycles. The Morgan fingerprint density at radius 2 is 1.29 bits per heavy atom. The van der Waals surface area contributed by atoms with Gasteiger partial charge < -0.3 is 23.7 Å². The van der Waals surface area contributed by atoms with E-state index in [1.54, 1.807) is 14.0 Å². The summed E-state index contributed by atoms with van der Waals surface area (Å²) in [6, 6.07) is 0. The molecule has 0 saturated heterocycles. The van der Waals surface area contributed by atoms with Gasteiger partial charge in [0.2, 0.25) is 0 Å². The molecule has 0 rings (SSSR count). The Bertz CT molecular complexity index is 172. The van der Waals surface area contributed by atoms with Crippen LogP contribution in [0.5, 0.6) is 0 Å². The molecule has 0 heterocycles. The smallest absolute Gasteiger partial charge is 0.129 e. The van der Waals surface area contributed by atoms with E-state index in [-0.39, 0.29) is 5.78 Å². The number of carbonyl (C=O) groups excluding carboxylic acids is 1.